The number of hydrogen-bond acceptors (Lipinski definition) is 4. The van der Waals surface area contributed by atoms with E-state index in [-0.39, 0.29) is 6.61 Å². The van der Waals surface area contributed by atoms with Gasteiger partial charge in [0.1, 0.15) is 6.04 Å². The third-order valence-electron chi connectivity index (χ3n) is 3.27. The summed E-state index contributed by atoms with van der Waals surface area (Å²) in [7, 11) is 1.32. The van der Waals surface area contributed by atoms with Crippen molar-refractivity contribution in [2.24, 2.45) is 0 Å². The van der Waals surface area contributed by atoms with Crippen LogP contribution in [0.2, 0.25) is 0 Å². The maximum atomic E-state index is 12.0. The van der Waals surface area contributed by atoms with Crippen LogP contribution in [0, 0.1) is 0 Å². The molecule has 20 heavy (non-hydrogen) atoms. The number of amides is 1. The molecule has 0 fully saturated rings. The fraction of sp³-hybridized carbons (Fsp3) is 0.429. The molecule has 2 rings (SSSR count). The summed E-state index contributed by atoms with van der Waals surface area (Å²) < 4.78 is 10.8. The first kappa shape index (κ1) is 14.8. The molecule has 6 heteroatoms. The highest BCUT2D eigenvalue weighted by atomic mass is 79.9. The molecule has 5 nitrogen and oxygen atoms in total. The van der Waals surface area contributed by atoms with Gasteiger partial charge in [-0.25, -0.2) is 9.59 Å². The number of nitrogens with zero attached hydrogens (tertiary/aromatic N) is 1. The Morgan fingerprint density at radius 3 is 2.80 bits per heavy atom. The molecular formula is C14H16BrNO4. The van der Waals surface area contributed by atoms with E-state index in [1.54, 1.807) is 6.92 Å². The molecule has 108 valence electrons. The smallest absolute Gasteiger partial charge is 0.410 e. The normalized spacial score (nSPS) is 17.4. The highest BCUT2D eigenvalue weighted by Gasteiger charge is 2.36. The quantitative estimate of drug-likeness (QED) is 0.775. The van der Waals surface area contributed by atoms with Crippen molar-refractivity contribution in [1.82, 2.24) is 4.90 Å². The third kappa shape index (κ3) is 2.95. The summed E-state index contributed by atoms with van der Waals surface area (Å²) in [6, 6.07) is 5.19. The molecule has 1 heterocycles. The molecule has 0 saturated heterocycles. The Morgan fingerprint density at radius 1 is 1.40 bits per heavy atom. The van der Waals surface area contributed by atoms with E-state index in [2.05, 4.69) is 15.9 Å². The monoisotopic (exact) mass is 341 g/mol. The number of esters is 1. The van der Waals surface area contributed by atoms with Crippen LogP contribution in [0.5, 0.6) is 0 Å². The van der Waals surface area contributed by atoms with E-state index < -0.39 is 18.1 Å². The molecule has 0 aliphatic carbocycles. The largest absolute Gasteiger partial charge is 0.467 e. The van der Waals surface area contributed by atoms with Gasteiger partial charge in [-0.15, -0.1) is 0 Å². The second-order valence-electron chi connectivity index (χ2n) is 4.48. The lowest BCUT2D eigenvalue weighted by atomic mass is 9.94. The van der Waals surface area contributed by atoms with Gasteiger partial charge in [-0.05, 0) is 30.2 Å². The summed E-state index contributed by atoms with van der Waals surface area (Å²) in [5.74, 6) is -0.427. The second kappa shape index (κ2) is 6.26. The van der Waals surface area contributed by atoms with Crippen LogP contribution in [0.1, 0.15) is 18.1 Å². The molecule has 1 aromatic carbocycles. The van der Waals surface area contributed by atoms with Gasteiger partial charge in [-0.3, -0.25) is 4.90 Å². The van der Waals surface area contributed by atoms with Crippen LogP contribution < -0.4 is 0 Å². The van der Waals surface area contributed by atoms with Crippen molar-refractivity contribution in [2.75, 3.05) is 13.7 Å². The van der Waals surface area contributed by atoms with Gasteiger partial charge in [0.15, 0.2) is 0 Å². The van der Waals surface area contributed by atoms with Crippen LogP contribution in [-0.2, 0) is 27.2 Å². The van der Waals surface area contributed by atoms with Crippen LogP contribution >= 0.6 is 15.9 Å². The van der Waals surface area contributed by atoms with Crippen molar-refractivity contribution in [3.05, 3.63) is 33.8 Å². The van der Waals surface area contributed by atoms with Gasteiger partial charge >= 0.3 is 12.1 Å². The molecule has 1 aliphatic rings. The highest BCUT2D eigenvalue weighted by molar-refractivity contribution is 9.10. The number of benzene rings is 1. The Morgan fingerprint density at radius 2 is 2.15 bits per heavy atom. The van der Waals surface area contributed by atoms with Crippen LogP contribution in [0.15, 0.2) is 22.7 Å². The van der Waals surface area contributed by atoms with E-state index in [1.165, 1.54) is 12.0 Å². The van der Waals surface area contributed by atoms with E-state index >= 15 is 0 Å². The van der Waals surface area contributed by atoms with Crippen molar-refractivity contribution < 1.29 is 19.1 Å². The molecule has 0 unspecified atom stereocenters. The van der Waals surface area contributed by atoms with Crippen LogP contribution in [0.3, 0.4) is 0 Å². The van der Waals surface area contributed by atoms with Crippen molar-refractivity contribution in [3.8, 4) is 0 Å². The first-order chi connectivity index (χ1) is 9.56. The first-order valence-corrected chi connectivity index (χ1v) is 7.14. The van der Waals surface area contributed by atoms with Gasteiger partial charge in [0.05, 0.1) is 20.3 Å². The van der Waals surface area contributed by atoms with Crippen LogP contribution in [0.25, 0.3) is 0 Å². The zero-order chi connectivity index (χ0) is 14.7. The maximum absolute atomic E-state index is 12.0. The van der Waals surface area contributed by atoms with Gasteiger partial charge < -0.3 is 9.47 Å². The maximum Gasteiger partial charge on any atom is 0.410 e. The molecule has 0 radical (unpaired) electrons. The average Bonchev–Trinajstić information content (AvgIpc) is 2.45. The molecular weight excluding hydrogens is 326 g/mol. The Balaban J connectivity index is 2.32. The number of hydrogen-bond donors (Lipinski definition) is 0. The summed E-state index contributed by atoms with van der Waals surface area (Å²) in [6.07, 6.45) is -0.0586. The van der Waals surface area contributed by atoms with Gasteiger partial charge in [0.2, 0.25) is 0 Å². The molecule has 0 bridgehead atoms. The van der Waals surface area contributed by atoms with Crippen molar-refractivity contribution in [2.45, 2.75) is 25.9 Å². The predicted molar refractivity (Wildman–Crippen MR) is 76.2 cm³/mol. The first-order valence-electron chi connectivity index (χ1n) is 6.35. The van der Waals surface area contributed by atoms with E-state index in [1.807, 2.05) is 18.2 Å². The Kier molecular flexibility index (Phi) is 4.65. The van der Waals surface area contributed by atoms with Crippen molar-refractivity contribution in [1.29, 1.82) is 0 Å². The topological polar surface area (TPSA) is 55.8 Å². The summed E-state index contributed by atoms with van der Waals surface area (Å²) in [4.78, 5) is 25.3. The number of ether oxygens (including phenoxy) is 2. The summed E-state index contributed by atoms with van der Waals surface area (Å²) in [5, 5.41) is 0. The highest BCUT2D eigenvalue weighted by Crippen LogP contribution is 2.27. The number of rotatable bonds is 2. The van der Waals surface area contributed by atoms with E-state index in [9.17, 15) is 9.59 Å². The number of fused-ring (bicyclic) bond motifs is 1. The van der Waals surface area contributed by atoms with E-state index in [0.29, 0.717) is 13.0 Å². The Labute approximate surface area is 126 Å². The number of methoxy groups -OCH3 is 1. The third-order valence-corrected chi connectivity index (χ3v) is 3.77. The van der Waals surface area contributed by atoms with Gasteiger partial charge in [-0.1, -0.05) is 22.0 Å². The second-order valence-corrected chi connectivity index (χ2v) is 5.40. The van der Waals surface area contributed by atoms with Gasteiger partial charge in [0.25, 0.3) is 0 Å². The predicted octanol–water partition coefficient (Wildman–Crippen LogP) is 2.51. The average molecular weight is 342 g/mol. The molecule has 1 atom stereocenters. The Hall–Kier alpha value is -1.56. The zero-order valence-electron chi connectivity index (χ0n) is 11.4. The number of carbonyl (C=O) groups is 2. The van der Waals surface area contributed by atoms with E-state index in [4.69, 9.17) is 9.47 Å². The summed E-state index contributed by atoms with van der Waals surface area (Å²) in [6.45, 7) is 2.36. The lowest BCUT2D eigenvalue weighted by Crippen LogP contribution is -2.49. The van der Waals surface area contributed by atoms with Gasteiger partial charge in [-0.2, -0.15) is 0 Å². The SMILES string of the molecule is CCOC(=O)N1Cc2ccc(Br)cc2C[C@@H]1C(=O)OC. The minimum Gasteiger partial charge on any atom is -0.467 e. The molecule has 0 aromatic heterocycles. The fourth-order valence-electron chi connectivity index (χ4n) is 2.30. The van der Waals surface area contributed by atoms with Crippen LogP contribution in [0.4, 0.5) is 4.79 Å². The minimum absolute atomic E-state index is 0.274. The van der Waals surface area contributed by atoms with Crippen molar-refractivity contribution >= 4 is 28.0 Å². The molecule has 0 spiro atoms. The summed E-state index contributed by atoms with van der Waals surface area (Å²) >= 11 is 3.41. The lowest BCUT2D eigenvalue weighted by Gasteiger charge is -2.34. The minimum atomic E-state index is -0.638. The molecule has 0 N–H and O–H groups in total. The Bertz CT molecular complexity index is 532. The molecule has 0 saturated carbocycles. The molecule has 1 amide bonds. The lowest BCUT2D eigenvalue weighted by molar-refractivity contribution is -0.147. The zero-order valence-corrected chi connectivity index (χ0v) is 13.0. The standard InChI is InChI=1S/C14H16BrNO4/c1-3-20-14(18)16-8-9-4-5-11(15)6-10(9)7-12(16)13(17)19-2/h4-6,12H,3,7-8H2,1-2H3/t12-/m1/s1. The van der Waals surface area contributed by atoms with Crippen LogP contribution in [-0.4, -0.2) is 36.7 Å². The summed E-state index contributed by atoms with van der Waals surface area (Å²) in [5.41, 5.74) is 2.05. The number of carbonyl (C=O) groups excluding carboxylic acids is 2. The number of halogens is 1. The molecule has 1 aromatic rings. The van der Waals surface area contributed by atoms with E-state index in [0.717, 1.165) is 15.6 Å². The molecule has 1 aliphatic heterocycles. The fourth-order valence-corrected chi connectivity index (χ4v) is 2.70. The van der Waals surface area contributed by atoms with Crippen molar-refractivity contribution in [3.63, 3.8) is 0 Å². The van der Waals surface area contributed by atoms with Gasteiger partial charge in [0, 0.05) is 10.9 Å².